The molecule has 0 radical (unpaired) electrons. The zero-order valence-corrected chi connectivity index (χ0v) is 10.5. The number of halogens is 2. The minimum atomic E-state index is -0.849. The summed E-state index contributed by atoms with van der Waals surface area (Å²) in [7, 11) is 0. The van der Waals surface area contributed by atoms with Crippen LogP contribution in [0.5, 0.6) is 0 Å². The summed E-state index contributed by atoms with van der Waals surface area (Å²) in [5.41, 5.74) is 6.49. The Hall–Kier alpha value is -1.49. The number of likely N-dealkylation sites (tertiary alicyclic amines) is 1. The molecular weight excluding hydrogens is 250 g/mol. The first kappa shape index (κ1) is 12.5. The molecule has 5 heteroatoms. The van der Waals surface area contributed by atoms with Gasteiger partial charge in [-0.25, -0.2) is 8.78 Å². The van der Waals surface area contributed by atoms with Crippen molar-refractivity contribution < 1.29 is 13.6 Å². The van der Waals surface area contributed by atoms with Crippen LogP contribution >= 0.6 is 0 Å². The smallest absolute Gasteiger partial charge is 0.226 e. The first-order chi connectivity index (χ1) is 9.06. The molecule has 1 aliphatic carbocycles. The van der Waals surface area contributed by atoms with E-state index in [2.05, 4.69) is 0 Å². The molecule has 1 aliphatic heterocycles. The zero-order valence-electron chi connectivity index (χ0n) is 10.5. The van der Waals surface area contributed by atoms with Crippen molar-refractivity contribution in [3.63, 3.8) is 0 Å². The van der Waals surface area contributed by atoms with Gasteiger partial charge in [-0.05, 0) is 36.5 Å². The molecule has 3 atom stereocenters. The van der Waals surface area contributed by atoms with E-state index in [9.17, 15) is 13.6 Å². The highest BCUT2D eigenvalue weighted by atomic mass is 19.2. The van der Waals surface area contributed by atoms with E-state index in [0.717, 1.165) is 18.9 Å². The molecule has 1 aromatic carbocycles. The van der Waals surface area contributed by atoms with Crippen LogP contribution in [-0.2, 0) is 4.79 Å². The molecule has 102 valence electrons. The van der Waals surface area contributed by atoms with Crippen LogP contribution in [0, 0.1) is 17.6 Å². The van der Waals surface area contributed by atoms with E-state index in [4.69, 9.17) is 5.73 Å². The van der Waals surface area contributed by atoms with Gasteiger partial charge in [0.2, 0.25) is 5.91 Å². The van der Waals surface area contributed by atoms with Crippen molar-refractivity contribution in [1.29, 1.82) is 0 Å². The third-order valence-corrected chi connectivity index (χ3v) is 4.02. The normalized spacial score (nSPS) is 29.6. The summed E-state index contributed by atoms with van der Waals surface area (Å²) < 4.78 is 26.0. The first-order valence-electron chi connectivity index (χ1n) is 6.55. The monoisotopic (exact) mass is 266 g/mol. The highest BCUT2D eigenvalue weighted by Crippen LogP contribution is 2.48. The Balaban J connectivity index is 1.67. The summed E-state index contributed by atoms with van der Waals surface area (Å²) in [5, 5.41) is 0. The van der Waals surface area contributed by atoms with Crippen LogP contribution in [0.25, 0.3) is 0 Å². The summed E-state index contributed by atoms with van der Waals surface area (Å²) in [6.07, 6.45) is 1.56. The van der Waals surface area contributed by atoms with Crippen molar-refractivity contribution >= 4 is 5.91 Å². The van der Waals surface area contributed by atoms with Gasteiger partial charge in [0, 0.05) is 25.0 Å². The molecule has 1 heterocycles. The van der Waals surface area contributed by atoms with Crippen LogP contribution in [0.3, 0.4) is 0 Å². The number of hydrogen-bond donors (Lipinski definition) is 1. The Morgan fingerprint density at radius 2 is 2.11 bits per heavy atom. The molecule has 2 N–H and O–H groups in total. The molecule has 3 rings (SSSR count). The quantitative estimate of drug-likeness (QED) is 0.884. The number of carbonyl (C=O) groups is 1. The predicted molar refractivity (Wildman–Crippen MR) is 66.4 cm³/mol. The molecule has 19 heavy (non-hydrogen) atoms. The van der Waals surface area contributed by atoms with Crippen molar-refractivity contribution in [2.75, 3.05) is 13.1 Å². The Morgan fingerprint density at radius 3 is 2.74 bits per heavy atom. The summed E-state index contributed by atoms with van der Waals surface area (Å²) in [6.45, 7) is 1.32. The maximum atomic E-state index is 13.2. The number of rotatable bonds is 2. The average Bonchev–Trinajstić information content (AvgIpc) is 3.07. The van der Waals surface area contributed by atoms with Crippen molar-refractivity contribution in [2.45, 2.75) is 24.8 Å². The van der Waals surface area contributed by atoms with Crippen molar-refractivity contribution in [3.05, 3.63) is 35.4 Å². The van der Waals surface area contributed by atoms with Gasteiger partial charge in [0.1, 0.15) is 0 Å². The minimum Gasteiger partial charge on any atom is -0.341 e. The fourth-order valence-corrected chi connectivity index (χ4v) is 2.80. The molecule has 1 saturated heterocycles. The van der Waals surface area contributed by atoms with E-state index in [1.807, 2.05) is 0 Å². The second-order valence-electron chi connectivity index (χ2n) is 5.46. The van der Waals surface area contributed by atoms with Crippen molar-refractivity contribution in [3.8, 4) is 0 Å². The number of nitrogens with two attached hydrogens (primary N) is 1. The van der Waals surface area contributed by atoms with Crippen LogP contribution in [0.2, 0.25) is 0 Å². The third kappa shape index (κ3) is 2.34. The van der Waals surface area contributed by atoms with Crippen LogP contribution in [0.4, 0.5) is 8.78 Å². The van der Waals surface area contributed by atoms with Gasteiger partial charge in [-0.2, -0.15) is 0 Å². The van der Waals surface area contributed by atoms with Gasteiger partial charge in [0.25, 0.3) is 0 Å². The van der Waals surface area contributed by atoms with Gasteiger partial charge in [-0.3, -0.25) is 4.79 Å². The largest absolute Gasteiger partial charge is 0.341 e. The number of hydrogen-bond acceptors (Lipinski definition) is 2. The second-order valence-corrected chi connectivity index (χ2v) is 5.46. The minimum absolute atomic E-state index is 0.0272. The van der Waals surface area contributed by atoms with Crippen LogP contribution in [0.1, 0.15) is 24.3 Å². The Labute approximate surface area is 110 Å². The molecule has 0 unspecified atom stereocenters. The predicted octanol–water partition coefficient (Wildman–Crippen LogP) is 1.63. The maximum absolute atomic E-state index is 13.2. The van der Waals surface area contributed by atoms with Gasteiger partial charge >= 0.3 is 0 Å². The first-order valence-corrected chi connectivity index (χ1v) is 6.55. The molecule has 0 spiro atoms. The van der Waals surface area contributed by atoms with Crippen molar-refractivity contribution in [1.82, 2.24) is 4.90 Å². The van der Waals surface area contributed by atoms with E-state index in [0.29, 0.717) is 18.7 Å². The van der Waals surface area contributed by atoms with E-state index >= 15 is 0 Å². The van der Waals surface area contributed by atoms with E-state index in [-0.39, 0.29) is 23.8 Å². The molecule has 1 saturated carbocycles. The van der Waals surface area contributed by atoms with Gasteiger partial charge in [-0.1, -0.05) is 6.07 Å². The molecular formula is C14H16F2N2O. The third-order valence-electron chi connectivity index (χ3n) is 4.02. The molecule has 1 aromatic rings. The fourth-order valence-electron chi connectivity index (χ4n) is 2.80. The molecule has 2 fully saturated rings. The number of amides is 1. The molecule has 1 amide bonds. The maximum Gasteiger partial charge on any atom is 0.226 e. The van der Waals surface area contributed by atoms with Gasteiger partial charge < -0.3 is 10.6 Å². The lowest BCUT2D eigenvalue weighted by atomic mass is 10.1. The van der Waals surface area contributed by atoms with Gasteiger partial charge in [0.05, 0.1) is 0 Å². The lowest BCUT2D eigenvalue weighted by molar-refractivity contribution is -0.131. The lowest BCUT2D eigenvalue weighted by Gasteiger charge is -2.15. The highest BCUT2D eigenvalue weighted by Gasteiger charge is 2.46. The van der Waals surface area contributed by atoms with E-state index in [1.54, 1.807) is 11.0 Å². The fraction of sp³-hybridized carbons (Fsp3) is 0.500. The summed E-state index contributed by atoms with van der Waals surface area (Å²) in [4.78, 5) is 14.0. The zero-order chi connectivity index (χ0) is 13.6. The Morgan fingerprint density at radius 1 is 1.32 bits per heavy atom. The molecule has 0 aromatic heterocycles. The molecule has 2 aliphatic rings. The lowest BCUT2D eigenvalue weighted by Crippen LogP contribution is -2.33. The number of carbonyl (C=O) groups excluding carboxylic acids is 1. The van der Waals surface area contributed by atoms with Crippen LogP contribution in [-0.4, -0.2) is 29.9 Å². The second kappa shape index (κ2) is 4.56. The highest BCUT2D eigenvalue weighted by molar-refractivity contribution is 5.83. The molecule has 3 nitrogen and oxygen atoms in total. The Kier molecular flexibility index (Phi) is 3.01. The number of nitrogens with zero attached hydrogens (tertiary/aromatic N) is 1. The van der Waals surface area contributed by atoms with Crippen molar-refractivity contribution in [2.24, 2.45) is 11.7 Å². The standard InChI is InChI=1S/C14H16F2N2O/c15-12-2-1-8(5-13(12)16)10-6-11(10)14(19)18-4-3-9(17)7-18/h1-2,5,9-11H,3-4,6-7,17H2/t9-,10+,11+/m1/s1. The van der Waals surface area contributed by atoms with Gasteiger partial charge in [0.15, 0.2) is 11.6 Å². The van der Waals surface area contributed by atoms with Crippen LogP contribution in [0.15, 0.2) is 18.2 Å². The Bertz CT molecular complexity index is 520. The molecule has 0 bridgehead atoms. The van der Waals surface area contributed by atoms with Crippen LogP contribution < -0.4 is 5.73 Å². The summed E-state index contributed by atoms with van der Waals surface area (Å²) in [6, 6.07) is 3.95. The van der Waals surface area contributed by atoms with Gasteiger partial charge in [-0.15, -0.1) is 0 Å². The summed E-state index contributed by atoms with van der Waals surface area (Å²) >= 11 is 0. The van der Waals surface area contributed by atoms with E-state index < -0.39 is 11.6 Å². The van der Waals surface area contributed by atoms with E-state index in [1.165, 1.54) is 6.07 Å². The topological polar surface area (TPSA) is 46.3 Å². The average molecular weight is 266 g/mol. The number of benzene rings is 1. The summed E-state index contributed by atoms with van der Waals surface area (Å²) in [5.74, 6) is -1.66. The SMILES string of the molecule is N[C@@H]1CCN(C(=O)[C@H]2C[C@H]2c2ccc(F)c(F)c2)C1.